The van der Waals surface area contributed by atoms with Crippen LogP contribution in [-0.4, -0.2) is 95.1 Å². The van der Waals surface area contributed by atoms with Gasteiger partial charge in [-0.2, -0.15) is 43.9 Å². The molecule has 0 amide bonds. The van der Waals surface area contributed by atoms with Crippen LogP contribution in [0.4, 0.5) is 43.9 Å². The van der Waals surface area contributed by atoms with E-state index in [0.717, 1.165) is 6.92 Å². The van der Waals surface area contributed by atoms with Crippen molar-refractivity contribution in [3.05, 3.63) is 0 Å². The lowest BCUT2D eigenvalue weighted by Gasteiger charge is -2.30. The second kappa shape index (κ2) is 12.8. The highest BCUT2D eigenvalue weighted by molar-refractivity contribution is 5.84. The van der Waals surface area contributed by atoms with E-state index in [2.05, 4.69) is 9.47 Å². The van der Waals surface area contributed by atoms with E-state index < -0.39 is 80.3 Å². The van der Waals surface area contributed by atoms with Crippen molar-refractivity contribution in [2.24, 2.45) is 10.8 Å². The van der Waals surface area contributed by atoms with Crippen molar-refractivity contribution in [1.29, 1.82) is 0 Å². The molecule has 0 aromatic rings. The SMILES string of the molecule is COCC(C)(COCCC(=O)C(C)(CO)COCC(F)(F)C(F)(F)F)COCC(F)(F)C(F)(F)F. The van der Waals surface area contributed by atoms with Crippen LogP contribution >= 0.6 is 0 Å². The highest BCUT2D eigenvalue weighted by Crippen LogP contribution is 2.37. The van der Waals surface area contributed by atoms with Gasteiger partial charge in [-0.3, -0.25) is 4.79 Å². The number of carbonyl (C=O) groups excluding carboxylic acids is 1. The Kier molecular flexibility index (Phi) is 12.4. The predicted molar refractivity (Wildman–Crippen MR) is 99.3 cm³/mol. The molecule has 16 heteroatoms. The van der Waals surface area contributed by atoms with Gasteiger partial charge in [0, 0.05) is 18.9 Å². The molecular formula is C19H28F10O6. The summed E-state index contributed by atoms with van der Waals surface area (Å²) in [7, 11) is 1.22. The fourth-order valence-corrected chi connectivity index (χ4v) is 2.47. The summed E-state index contributed by atoms with van der Waals surface area (Å²) in [4.78, 5) is 12.3. The van der Waals surface area contributed by atoms with Crippen molar-refractivity contribution >= 4 is 5.78 Å². The van der Waals surface area contributed by atoms with Gasteiger partial charge in [0.15, 0.2) is 0 Å². The van der Waals surface area contributed by atoms with Gasteiger partial charge in [0.1, 0.15) is 19.0 Å². The minimum atomic E-state index is -5.86. The number of hydrogen-bond donors (Lipinski definition) is 1. The topological polar surface area (TPSA) is 74.2 Å². The van der Waals surface area contributed by atoms with Crippen LogP contribution in [0.15, 0.2) is 0 Å². The Morgan fingerprint density at radius 2 is 1.11 bits per heavy atom. The van der Waals surface area contributed by atoms with Crippen molar-refractivity contribution < 1.29 is 72.8 Å². The maximum Gasteiger partial charge on any atom is 0.455 e. The number of halogens is 10. The van der Waals surface area contributed by atoms with Crippen molar-refractivity contribution in [3.8, 4) is 0 Å². The summed E-state index contributed by atoms with van der Waals surface area (Å²) in [5.74, 6) is -11.0. The van der Waals surface area contributed by atoms with Crippen molar-refractivity contribution in [1.82, 2.24) is 0 Å². The van der Waals surface area contributed by atoms with Crippen LogP contribution < -0.4 is 0 Å². The van der Waals surface area contributed by atoms with Gasteiger partial charge in [0.05, 0.1) is 45.1 Å². The summed E-state index contributed by atoms with van der Waals surface area (Å²) < 4.78 is 144. The third kappa shape index (κ3) is 10.7. The largest absolute Gasteiger partial charge is 0.455 e. The second-order valence-electron chi connectivity index (χ2n) is 8.58. The van der Waals surface area contributed by atoms with E-state index in [1.165, 1.54) is 14.0 Å². The molecule has 0 spiro atoms. The fraction of sp³-hybridized carbons (Fsp3) is 0.947. The van der Waals surface area contributed by atoms with Crippen LogP contribution in [0.3, 0.4) is 0 Å². The van der Waals surface area contributed by atoms with Crippen molar-refractivity contribution in [2.75, 3.05) is 60.0 Å². The molecule has 35 heavy (non-hydrogen) atoms. The molecule has 0 heterocycles. The Bertz CT molecular complexity index is 655. The minimum Gasteiger partial charge on any atom is -0.395 e. The van der Waals surface area contributed by atoms with Gasteiger partial charge >= 0.3 is 24.2 Å². The maximum atomic E-state index is 13.0. The molecule has 1 N–H and O–H groups in total. The number of alkyl halides is 10. The van der Waals surface area contributed by atoms with Crippen LogP contribution in [0.2, 0.25) is 0 Å². The highest BCUT2D eigenvalue weighted by Gasteiger charge is 2.58. The van der Waals surface area contributed by atoms with Crippen molar-refractivity contribution in [2.45, 2.75) is 44.5 Å². The lowest BCUT2D eigenvalue weighted by Crippen LogP contribution is -2.44. The summed E-state index contributed by atoms with van der Waals surface area (Å²) in [6, 6.07) is 0. The number of Topliss-reactive ketones (excluding diaryl/α,β-unsaturated/α-hetero) is 1. The average Bonchev–Trinajstić information content (AvgIpc) is 2.69. The van der Waals surface area contributed by atoms with Gasteiger partial charge in [-0.15, -0.1) is 0 Å². The van der Waals surface area contributed by atoms with E-state index in [9.17, 15) is 53.8 Å². The zero-order valence-electron chi connectivity index (χ0n) is 19.1. The van der Waals surface area contributed by atoms with Crippen LogP contribution in [0.1, 0.15) is 20.3 Å². The summed E-state index contributed by atoms with van der Waals surface area (Å²) in [6.45, 7) is -4.93. The van der Waals surface area contributed by atoms with E-state index in [-0.39, 0.29) is 19.8 Å². The molecule has 0 rings (SSSR count). The zero-order valence-corrected chi connectivity index (χ0v) is 19.1. The third-order valence-electron chi connectivity index (χ3n) is 4.71. The van der Waals surface area contributed by atoms with E-state index in [0.29, 0.717) is 0 Å². The van der Waals surface area contributed by atoms with Crippen LogP contribution in [0.5, 0.6) is 0 Å². The number of aliphatic hydroxyl groups is 1. The number of methoxy groups -OCH3 is 1. The lowest BCUT2D eigenvalue weighted by atomic mass is 9.86. The Hall–Kier alpha value is -1.23. The van der Waals surface area contributed by atoms with Gasteiger partial charge in [-0.25, -0.2) is 0 Å². The molecule has 0 aromatic heterocycles. The molecule has 2 atom stereocenters. The number of ketones is 1. The molecule has 0 radical (unpaired) electrons. The summed E-state index contributed by atoms with van der Waals surface area (Å²) >= 11 is 0. The molecule has 0 bridgehead atoms. The standard InChI is InChI=1S/C19H28F10O6/c1-14(7-32-3,9-34-11-16(20,21)18(24,25)26)8-33-5-4-13(31)15(2,6-30)10-35-12-17(22,23)19(27,28)29/h30H,4-12H2,1-3H3. The quantitative estimate of drug-likeness (QED) is 0.221. The molecule has 210 valence electrons. The van der Waals surface area contributed by atoms with E-state index >= 15 is 0 Å². The van der Waals surface area contributed by atoms with Gasteiger partial charge in [0.25, 0.3) is 0 Å². The van der Waals surface area contributed by atoms with Crippen LogP contribution in [-0.2, 0) is 23.7 Å². The van der Waals surface area contributed by atoms with Gasteiger partial charge in [0.2, 0.25) is 0 Å². The Balaban J connectivity index is 4.74. The normalized spacial score (nSPS) is 17.2. The lowest BCUT2D eigenvalue weighted by molar-refractivity contribution is -0.298. The molecule has 0 saturated heterocycles. The Morgan fingerprint density at radius 3 is 1.51 bits per heavy atom. The molecular weight excluding hydrogens is 514 g/mol. The first kappa shape index (κ1) is 33.8. The van der Waals surface area contributed by atoms with Gasteiger partial charge < -0.3 is 24.1 Å². The molecule has 0 saturated carbocycles. The van der Waals surface area contributed by atoms with E-state index in [1.807, 2.05) is 0 Å². The number of ether oxygens (including phenoxy) is 4. The van der Waals surface area contributed by atoms with Gasteiger partial charge in [-0.1, -0.05) is 6.92 Å². The maximum absolute atomic E-state index is 13.0. The van der Waals surface area contributed by atoms with Gasteiger partial charge in [-0.05, 0) is 6.92 Å². The first-order valence-corrected chi connectivity index (χ1v) is 9.92. The molecule has 6 nitrogen and oxygen atoms in total. The molecule has 0 aliphatic heterocycles. The molecule has 0 aliphatic carbocycles. The summed E-state index contributed by atoms with van der Waals surface area (Å²) in [5, 5.41) is 9.40. The minimum absolute atomic E-state index is 0.186. The Labute approximate surface area is 194 Å². The monoisotopic (exact) mass is 542 g/mol. The average molecular weight is 542 g/mol. The van der Waals surface area contributed by atoms with Crippen LogP contribution in [0.25, 0.3) is 0 Å². The number of aliphatic hydroxyl groups excluding tert-OH is 1. The first-order chi connectivity index (χ1) is 15.7. The second-order valence-corrected chi connectivity index (χ2v) is 8.58. The fourth-order valence-electron chi connectivity index (χ4n) is 2.47. The molecule has 0 fully saturated rings. The zero-order chi connectivity index (χ0) is 27.8. The molecule has 0 aromatic carbocycles. The first-order valence-electron chi connectivity index (χ1n) is 9.92. The van der Waals surface area contributed by atoms with Crippen LogP contribution in [0, 0.1) is 10.8 Å². The predicted octanol–water partition coefficient (Wildman–Crippen LogP) is 4.04. The smallest absolute Gasteiger partial charge is 0.395 e. The summed E-state index contributed by atoms with van der Waals surface area (Å²) in [5.41, 5.74) is -3.03. The van der Waals surface area contributed by atoms with E-state index in [4.69, 9.17) is 9.47 Å². The third-order valence-corrected chi connectivity index (χ3v) is 4.71. The highest BCUT2D eigenvalue weighted by atomic mass is 19.4. The summed E-state index contributed by atoms with van der Waals surface area (Å²) in [6.07, 6.45) is -12.1. The Morgan fingerprint density at radius 1 is 0.686 bits per heavy atom. The van der Waals surface area contributed by atoms with E-state index in [1.54, 1.807) is 0 Å². The van der Waals surface area contributed by atoms with Crippen molar-refractivity contribution in [3.63, 3.8) is 0 Å². The number of rotatable bonds is 17. The molecule has 0 aliphatic rings. The molecule has 2 unspecified atom stereocenters. The number of hydrogen-bond acceptors (Lipinski definition) is 6. The number of carbonyl (C=O) groups is 1.